The van der Waals surface area contributed by atoms with Crippen LogP contribution in [0.1, 0.15) is 47.9 Å². The van der Waals surface area contributed by atoms with Crippen molar-refractivity contribution in [3.63, 3.8) is 0 Å². The summed E-state index contributed by atoms with van der Waals surface area (Å²) in [5.41, 5.74) is 2.96. The Balaban J connectivity index is 1.32. The van der Waals surface area contributed by atoms with Crippen molar-refractivity contribution >= 4 is 11.8 Å². The molecule has 2 N–H and O–H groups in total. The van der Waals surface area contributed by atoms with E-state index in [2.05, 4.69) is 27.1 Å². The maximum absolute atomic E-state index is 12.4. The predicted molar refractivity (Wildman–Crippen MR) is 125 cm³/mol. The van der Waals surface area contributed by atoms with Gasteiger partial charge in [-0.2, -0.15) is 0 Å². The van der Waals surface area contributed by atoms with Gasteiger partial charge in [0.25, 0.3) is 11.1 Å². The van der Waals surface area contributed by atoms with Gasteiger partial charge in [-0.1, -0.05) is 54.9 Å². The van der Waals surface area contributed by atoms with E-state index in [0.717, 1.165) is 43.6 Å². The van der Waals surface area contributed by atoms with Crippen molar-refractivity contribution in [2.45, 2.75) is 50.8 Å². The van der Waals surface area contributed by atoms with Gasteiger partial charge in [-0.05, 0) is 37.0 Å². The molecule has 6 nitrogen and oxygen atoms in total. The lowest BCUT2D eigenvalue weighted by Crippen LogP contribution is -2.17. The second-order valence-corrected chi connectivity index (χ2v) is 8.56. The number of thioether (sulfide) groups is 1. The lowest BCUT2D eigenvalue weighted by atomic mass is 10.0. The molecule has 0 spiro atoms. The van der Waals surface area contributed by atoms with E-state index in [0.29, 0.717) is 29.3 Å². The lowest BCUT2D eigenvalue weighted by Gasteiger charge is -2.06. The van der Waals surface area contributed by atoms with Gasteiger partial charge in [-0.15, -0.1) is 0 Å². The van der Waals surface area contributed by atoms with Crippen molar-refractivity contribution in [2.24, 2.45) is 0 Å². The summed E-state index contributed by atoms with van der Waals surface area (Å²) in [6, 6.07) is 12.0. The van der Waals surface area contributed by atoms with Gasteiger partial charge in [0, 0.05) is 42.3 Å². The highest BCUT2D eigenvalue weighted by Crippen LogP contribution is 2.15. The van der Waals surface area contributed by atoms with E-state index in [1.807, 2.05) is 24.3 Å². The van der Waals surface area contributed by atoms with Crippen LogP contribution in [0.2, 0.25) is 0 Å². The van der Waals surface area contributed by atoms with Gasteiger partial charge in [0.1, 0.15) is 0 Å². The van der Waals surface area contributed by atoms with Gasteiger partial charge in [0.2, 0.25) is 0 Å². The largest absolute Gasteiger partial charge is 0.377 e. The third-order valence-electron chi connectivity index (χ3n) is 5.09. The summed E-state index contributed by atoms with van der Waals surface area (Å²) in [6.45, 7) is 3.21. The van der Waals surface area contributed by atoms with Crippen LogP contribution in [0, 0.1) is 6.92 Å². The first-order valence-electron chi connectivity index (χ1n) is 10.6. The van der Waals surface area contributed by atoms with E-state index < -0.39 is 0 Å². The highest BCUT2D eigenvalue weighted by molar-refractivity contribution is 7.99. The Morgan fingerprint density at radius 1 is 0.968 bits per heavy atom. The van der Waals surface area contributed by atoms with Gasteiger partial charge >= 0.3 is 0 Å². The van der Waals surface area contributed by atoms with Gasteiger partial charge < -0.3 is 14.7 Å². The lowest BCUT2D eigenvalue weighted by molar-refractivity contribution is 0.117. The number of pyridine rings is 1. The van der Waals surface area contributed by atoms with Gasteiger partial charge in [-0.25, -0.2) is 4.98 Å². The van der Waals surface area contributed by atoms with E-state index in [1.54, 1.807) is 31.1 Å². The number of nitrogens with zero attached hydrogens (tertiary/aromatic N) is 1. The molecule has 0 radical (unpaired) electrons. The minimum absolute atomic E-state index is 0.128. The zero-order chi connectivity index (χ0) is 21.9. The summed E-state index contributed by atoms with van der Waals surface area (Å²) in [5.74, 6) is 0.917. The molecule has 3 aromatic rings. The highest BCUT2D eigenvalue weighted by Gasteiger charge is 2.08. The van der Waals surface area contributed by atoms with Crippen LogP contribution in [-0.4, -0.2) is 27.3 Å². The summed E-state index contributed by atoms with van der Waals surface area (Å²) < 4.78 is 5.70. The third-order valence-corrected chi connectivity index (χ3v) is 6.06. The van der Waals surface area contributed by atoms with E-state index in [4.69, 9.17) is 4.74 Å². The molecule has 0 saturated heterocycles. The fraction of sp³-hybridized carbons (Fsp3) is 0.375. The first-order chi connectivity index (χ1) is 15.1. The number of aromatic amines is 2. The molecule has 164 valence electrons. The van der Waals surface area contributed by atoms with E-state index in [-0.39, 0.29) is 11.1 Å². The minimum Gasteiger partial charge on any atom is -0.377 e. The molecule has 0 unspecified atom stereocenters. The molecule has 0 bridgehead atoms. The molecular formula is C24H29N3O3S. The summed E-state index contributed by atoms with van der Waals surface area (Å²) in [7, 11) is 0. The molecule has 0 aliphatic carbocycles. The van der Waals surface area contributed by atoms with Crippen molar-refractivity contribution in [1.29, 1.82) is 0 Å². The molecule has 1 aromatic carbocycles. The topological polar surface area (TPSA) is 87.8 Å². The number of aromatic nitrogens is 3. The van der Waals surface area contributed by atoms with E-state index >= 15 is 0 Å². The average Bonchev–Trinajstić information content (AvgIpc) is 2.78. The Morgan fingerprint density at radius 3 is 2.58 bits per heavy atom. The molecule has 2 aromatic heterocycles. The number of nitrogens with one attached hydrogen (secondary N) is 2. The minimum atomic E-state index is -0.146. The molecule has 0 amide bonds. The molecule has 0 atom stereocenters. The number of hydrogen-bond acceptors (Lipinski definition) is 5. The van der Waals surface area contributed by atoms with Crippen LogP contribution in [0.5, 0.6) is 0 Å². The molecule has 7 heteroatoms. The summed E-state index contributed by atoms with van der Waals surface area (Å²) in [5, 5.41) is 0.641. The molecule has 0 aliphatic heterocycles. The van der Waals surface area contributed by atoms with Gasteiger partial charge in [0.15, 0.2) is 5.16 Å². The molecule has 0 aliphatic rings. The van der Waals surface area contributed by atoms with Gasteiger partial charge in [0.05, 0.1) is 6.61 Å². The molecule has 0 saturated carbocycles. The molecule has 0 fully saturated rings. The number of unbranched alkanes of at least 4 members (excludes halogenated alkanes) is 3. The van der Waals surface area contributed by atoms with Crippen LogP contribution < -0.4 is 11.1 Å². The number of benzene rings is 1. The fourth-order valence-corrected chi connectivity index (χ4v) is 4.02. The smallest absolute Gasteiger partial charge is 0.255 e. The average molecular weight is 440 g/mol. The van der Waals surface area contributed by atoms with Crippen LogP contribution in [0.4, 0.5) is 0 Å². The maximum Gasteiger partial charge on any atom is 0.255 e. The van der Waals surface area contributed by atoms with E-state index in [9.17, 15) is 9.59 Å². The SMILES string of the molecule is Cc1c(Cc2cnc(SCCCCCCOCc3ccccc3)[nH]c2=O)cc[nH]c1=O. The maximum atomic E-state index is 12.4. The van der Waals surface area contributed by atoms with Crippen molar-refractivity contribution in [1.82, 2.24) is 15.0 Å². The van der Waals surface area contributed by atoms with Crippen molar-refractivity contribution < 1.29 is 4.74 Å². The third kappa shape index (κ3) is 7.52. The zero-order valence-corrected chi connectivity index (χ0v) is 18.7. The number of rotatable bonds is 12. The molecular weight excluding hydrogens is 410 g/mol. The summed E-state index contributed by atoms with van der Waals surface area (Å²) in [4.78, 5) is 33.9. The van der Waals surface area contributed by atoms with Crippen LogP contribution in [-0.2, 0) is 17.8 Å². The molecule has 3 rings (SSSR count). The second kappa shape index (κ2) is 12.3. The number of hydrogen-bond donors (Lipinski definition) is 2. The van der Waals surface area contributed by atoms with Crippen molar-refractivity contribution in [3.05, 3.63) is 91.8 Å². The Labute approximate surface area is 186 Å². The summed E-state index contributed by atoms with van der Waals surface area (Å²) >= 11 is 1.57. The Morgan fingerprint density at radius 2 is 1.77 bits per heavy atom. The van der Waals surface area contributed by atoms with Crippen molar-refractivity contribution in [3.8, 4) is 0 Å². The molecule has 31 heavy (non-hydrogen) atoms. The predicted octanol–water partition coefficient (Wildman–Crippen LogP) is 4.23. The zero-order valence-electron chi connectivity index (χ0n) is 17.9. The van der Waals surface area contributed by atoms with Crippen LogP contribution >= 0.6 is 11.8 Å². The molecule has 2 heterocycles. The Hall–Kier alpha value is -2.64. The number of ether oxygens (including phenoxy) is 1. The van der Waals surface area contributed by atoms with Crippen LogP contribution in [0.3, 0.4) is 0 Å². The standard InChI is InChI=1S/C24H29N3O3S/c1-18-20(11-12-25-22(18)28)15-21-16-26-24(27-23(21)29)31-14-8-3-2-7-13-30-17-19-9-5-4-6-10-19/h4-6,9-12,16H,2-3,7-8,13-15,17H2,1H3,(H,25,28)(H,26,27,29). The fourth-order valence-electron chi connectivity index (χ4n) is 3.19. The van der Waals surface area contributed by atoms with Gasteiger partial charge in [-0.3, -0.25) is 9.59 Å². The Bertz CT molecular complexity index is 1060. The first kappa shape index (κ1) is 23.0. The quantitative estimate of drug-likeness (QED) is 0.251. The highest BCUT2D eigenvalue weighted by atomic mass is 32.2. The van der Waals surface area contributed by atoms with Crippen molar-refractivity contribution in [2.75, 3.05) is 12.4 Å². The van der Waals surface area contributed by atoms with Crippen LogP contribution in [0.25, 0.3) is 0 Å². The van der Waals surface area contributed by atoms with E-state index in [1.165, 1.54) is 5.56 Å². The second-order valence-electron chi connectivity index (χ2n) is 7.48. The van der Waals surface area contributed by atoms with Crippen LogP contribution in [0.15, 0.2) is 63.5 Å². The first-order valence-corrected chi connectivity index (χ1v) is 11.6. The monoisotopic (exact) mass is 439 g/mol. The summed E-state index contributed by atoms with van der Waals surface area (Å²) in [6.07, 6.45) is 8.01. The Kier molecular flexibility index (Phi) is 9.12. The number of H-pyrrole nitrogens is 2. The normalized spacial score (nSPS) is 11.0.